The summed E-state index contributed by atoms with van der Waals surface area (Å²) in [6.45, 7) is 12.3. The molecular formula is C31H44N6O5. The van der Waals surface area contributed by atoms with Crippen LogP contribution in [0.25, 0.3) is 10.4 Å². The maximum Gasteiger partial charge on any atom is 0.408 e. The van der Waals surface area contributed by atoms with Gasteiger partial charge >= 0.3 is 6.09 Å². The summed E-state index contributed by atoms with van der Waals surface area (Å²) >= 11 is 0. The van der Waals surface area contributed by atoms with Crippen molar-refractivity contribution in [2.75, 3.05) is 13.7 Å². The molecule has 2 N–H and O–H groups in total. The quantitative estimate of drug-likeness (QED) is 0.185. The van der Waals surface area contributed by atoms with Crippen LogP contribution in [0.5, 0.6) is 5.75 Å². The summed E-state index contributed by atoms with van der Waals surface area (Å²) in [6.07, 6.45) is -0.290. The maximum absolute atomic E-state index is 14.2. The number of ether oxygens (including phenoxy) is 2. The van der Waals surface area contributed by atoms with Crippen molar-refractivity contribution < 1.29 is 23.9 Å². The number of carbonyl (C=O) groups excluding carboxylic acids is 3. The summed E-state index contributed by atoms with van der Waals surface area (Å²) in [6, 6.07) is 15.3. The molecule has 0 radical (unpaired) electrons. The zero-order valence-electron chi connectivity index (χ0n) is 25.9. The molecule has 0 spiro atoms. The highest BCUT2D eigenvalue weighted by Gasteiger charge is 2.42. The van der Waals surface area contributed by atoms with Gasteiger partial charge in [0.1, 0.15) is 22.9 Å². The number of nitrogens with one attached hydrogen (secondary N) is 2. The summed E-state index contributed by atoms with van der Waals surface area (Å²) in [5, 5.41) is 9.39. The van der Waals surface area contributed by atoms with Gasteiger partial charge in [-0.25, -0.2) is 4.79 Å². The molecule has 11 heteroatoms. The highest BCUT2D eigenvalue weighted by Crippen LogP contribution is 2.24. The van der Waals surface area contributed by atoms with Gasteiger partial charge in [0.25, 0.3) is 0 Å². The van der Waals surface area contributed by atoms with Gasteiger partial charge in [0.2, 0.25) is 11.8 Å². The van der Waals surface area contributed by atoms with E-state index in [9.17, 15) is 14.4 Å². The van der Waals surface area contributed by atoms with E-state index in [2.05, 4.69) is 20.7 Å². The molecule has 2 atom stereocenters. The second kappa shape index (κ2) is 15.1. The second-order valence-electron chi connectivity index (χ2n) is 12.0. The van der Waals surface area contributed by atoms with Crippen LogP contribution in [0.1, 0.15) is 59.6 Å². The van der Waals surface area contributed by atoms with Crippen molar-refractivity contribution >= 4 is 17.9 Å². The van der Waals surface area contributed by atoms with Gasteiger partial charge < -0.3 is 25.0 Å². The molecule has 2 aromatic carbocycles. The Hall–Kier alpha value is -4.24. The molecule has 42 heavy (non-hydrogen) atoms. The van der Waals surface area contributed by atoms with E-state index in [4.69, 9.17) is 15.0 Å². The lowest BCUT2D eigenvalue weighted by Gasteiger charge is -2.41. The molecule has 0 heterocycles. The minimum Gasteiger partial charge on any atom is -0.497 e. The molecule has 0 saturated heterocycles. The van der Waals surface area contributed by atoms with E-state index in [1.807, 2.05) is 56.3 Å². The van der Waals surface area contributed by atoms with Crippen molar-refractivity contribution in [1.82, 2.24) is 15.5 Å². The van der Waals surface area contributed by atoms with Gasteiger partial charge in [-0.05, 0) is 75.7 Å². The van der Waals surface area contributed by atoms with Crippen LogP contribution in [0.2, 0.25) is 0 Å². The minimum absolute atomic E-state index is 0.0362. The first kappa shape index (κ1) is 34.0. The van der Waals surface area contributed by atoms with Crippen LogP contribution in [0.15, 0.2) is 59.7 Å². The third-order valence-corrected chi connectivity index (χ3v) is 6.63. The summed E-state index contributed by atoms with van der Waals surface area (Å²) < 4.78 is 10.7. The standard InChI is InChI=1S/C31H44N6O5/c1-21(2)26(35-29(40)42-30(3,4)5)27(38)37(20-23-14-16-25(41-8)17-15-23)31(6,7)28(39)34-24(19-33-36-32)18-22-12-10-9-11-13-22/h9-17,21,24,26H,18-20H2,1-8H3,(H,34,39)(H,35,40)/t24-,26-/m0/s1. The van der Waals surface area contributed by atoms with Gasteiger partial charge in [-0.15, -0.1) is 0 Å². The van der Waals surface area contributed by atoms with Gasteiger partial charge in [0.05, 0.1) is 7.11 Å². The van der Waals surface area contributed by atoms with Crippen LogP contribution in [0.4, 0.5) is 4.79 Å². The number of carbonyl (C=O) groups is 3. The van der Waals surface area contributed by atoms with Crippen molar-refractivity contribution in [3.05, 3.63) is 76.2 Å². The van der Waals surface area contributed by atoms with Gasteiger partial charge in [-0.2, -0.15) is 0 Å². The average molecular weight is 581 g/mol. The first-order valence-corrected chi connectivity index (χ1v) is 14.0. The number of nitrogens with zero attached hydrogens (tertiary/aromatic N) is 4. The van der Waals surface area contributed by atoms with Crippen molar-refractivity contribution in [1.29, 1.82) is 0 Å². The van der Waals surface area contributed by atoms with E-state index >= 15 is 0 Å². The van der Waals surface area contributed by atoms with Crippen molar-refractivity contribution in [2.24, 2.45) is 11.0 Å². The molecule has 3 amide bonds. The van der Waals surface area contributed by atoms with E-state index in [1.165, 1.54) is 4.90 Å². The second-order valence-corrected chi connectivity index (χ2v) is 12.0. The molecule has 0 aliphatic carbocycles. The smallest absolute Gasteiger partial charge is 0.408 e. The van der Waals surface area contributed by atoms with E-state index < -0.39 is 41.1 Å². The Morgan fingerprint density at radius 2 is 1.57 bits per heavy atom. The Labute approximate surface area is 248 Å². The van der Waals surface area contributed by atoms with Gasteiger partial charge in [-0.3, -0.25) is 9.59 Å². The van der Waals surface area contributed by atoms with E-state index in [1.54, 1.807) is 53.9 Å². The topological polar surface area (TPSA) is 146 Å². The molecule has 11 nitrogen and oxygen atoms in total. The number of hydrogen-bond acceptors (Lipinski definition) is 6. The Kier molecular flexibility index (Phi) is 12.2. The summed E-state index contributed by atoms with van der Waals surface area (Å²) in [4.78, 5) is 45.1. The van der Waals surface area contributed by atoms with Crippen LogP contribution in [0.3, 0.4) is 0 Å². The lowest BCUT2D eigenvalue weighted by molar-refractivity contribution is -0.149. The number of hydrogen-bond donors (Lipinski definition) is 2. The lowest BCUT2D eigenvalue weighted by Crippen LogP contribution is -2.63. The number of methoxy groups -OCH3 is 1. The third kappa shape index (κ3) is 10.3. The first-order chi connectivity index (χ1) is 19.7. The summed E-state index contributed by atoms with van der Waals surface area (Å²) in [7, 11) is 1.57. The fraction of sp³-hybridized carbons (Fsp3) is 0.516. The normalized spacial score (nSPS) is 12.9. The number of alkyl carbamates (subject to hydrolysis) is 1. The van der Waals surface area contributed by atoms with Crippen LogP contribution in [-0.4, -0.2) is 59.7 Å². The molecule has 0 unspecified atom stereocenters. The van der Waals surface area contributed by atoms with Gasteiger partial charge in [0, 0.05) is 24.0 Å². The van der Waals surface area contributed by atoms with Crippen LogP contribution < -0.4 is 15.4 Å². The molecule has 0 bridgehead atoms. The van der Waals surface area contributed by atoms with Crippen LogP contribution >= 0.6 is 0 Å². The molecule has 0 saturated carbocycles. The highest BCUT2D eigenvalue weighted by atomic mass is 16.6. The van der Waals surface area contributed by atoms with Crippen molar-refractivity contribution in [3.63, 3.8) is 0 Å². The molecule has 0 fully saturated rings. The number of azide groups is 1. The van der Waals surface area contributed by atoms with Gasteiger partial charge in [-0.1, -0.05) is 61.4 Å². The van der Waals surface area contributed by atoms with Crippen molar-refractivity contribution in [2.45, 2.75) is 84.7 Å². The maximum atomic E-state index is 14.2. The van der Waals surface area contributed by atoms with E-state index in [0.29, 0.717) is 12.2 Å². The first-order valence-electron chi connectivity index (χ1n) is 14.0. The predicted octanol–water partition coefficient (Wildman–Crippen LogP) is 5.39. The number of amides is 3. The van der Waals surface area contributed by atoms with Gasteiger partial charge in [0.15, 0.2) is 0 Å². The third-order valence-electron chi connectivity index (χ3n) is 6.63. The highest BCUT2D eigenvalue weighted by molar-refractivity contribution is 5.94. The Morgan fingerprint density at radius 1 is 0.952 bits per heavy atom. The largest absolute Gasteiger partial charge is 0.497 e. The predicted molar refractivity (Wildman–Crippen MR) is 162 cm³/mol. The molecule has 0 aliphatic rings. The van der Waals surface area contributed by atoms with Crippen LogP contribution in [0, 0.1) is 5.92 Å². The number of benzene rings is 2. The molecule has 0 aromatic heterocycles. The molecule has 2 aromatic rings. The minimum atomic E-state index is -1.37. The van der Waals surface area contributed by atoms with E-state index in [0.717, 1.165) is 11.1 Å². The average Bonchev–Trinajstić information content (AvgIpc) is 2.92. The molecule has 228 valence electrons. The lowest BCUT2D eigenvalue weighted by atomic mass is 9.94. The SMILES string of the molecule is COc1ccc(CN(C(=O)[C@@H](NC(=O)OC(C)(C)C)C(C)C)C(C)(C)C(=O)N[C@H](CN=[N+]=[N-])Cc2ccccc2)cc1. The fourth-order valence-electron chi connectivity index (χ4n) is 4.26. The molecule has 0 aliphatic heterocycles. The Balaban J connectivity index is 2.44. The monoisotopic (exact) mass is 580 g/mol. The zero-order valence-corrected chi connectivity index (χ0v) is 25.9. The molecular weight excluding hydrogens is 536 g/mol. The zero-order chi connectivity index (χ0) is 31.5. The summed E-state index contributed by atoms with van der Waals surface area (Å²) in [5.41, 5.74) is 8.53. The molecule has 2 rings (SSSR count). The summed E-state index contributed by atoms with van der Waals surface area (Å²) in [5.74, 6) is -0.528. The van der Waals surface area contributed by atoms with Crippen molar-refractivity contribution in [3.8, 4) is 5.75 Å². The van der Waals surface area contributed by atoms with E-state index in [-0.39, 0.29) is 19.0 Å². The fourth-order valence-corrected chi connectivity index (χ4v) is 4.26. The Bertz CT molecular complexity index is 1230. The van der Waals surface area contributed by atoms with Crippen LogP contribution in [-0.2, 0) is 27.3 Å². The number of rotatable bonds is 13. The Morgan fingerprint density at radius 3 is 2.10 bits per heavy atom.